The number of aliphatic hydroxyl groups is 1. The Morgan fingerprint density at radius 1 is 1.10 bits per heavy atom. The fourth-order valence-corrected chi connectivity index (χ4v) is 9.61. The van der Waals surface area contributed by atoms with Crippen molar-refractivity contribution in [1.29, 1.82) is 0 Å². The second-order valence-corrected chi connectivity index (χ2v) is 18.0. The van der Waals surface area contributed by atoms with E-state index in [2.05, 4.69) is 15.9 Å². The normalized spacial score (nSPS) is 34.8. The zero-order chi connectivity index (χ0) is 46.9. The van der Waals surface area contributed by atoms with Crippen LogP contribution in [0.3, 0.4) is 0 Å². The first-order chi connectivity index (χ1) is 29.7. The van der Waals surface area contributed by atoms with E-state index in [0.717, 1.165) is 18.2 Å². The third-order valence-electron chi connectivity index (χ3n) is 13.4. The van der Waals surface area contributed by atoms with E-state index in [9.17, 15) is 24.3 Å². The van der Waals surface area contributed by atoms with Gasteiger partial charge in [0.2, 0.25) is 6.41 Å². The van der Waals surface area contributed by atoms with Gasteiger partial charge in [0.15, 0.2) is 12.1 Å². The monoisotopic (exact) mass is 884 g/mol. The number of amides is 1. The Hall–Kier alpha value is -4.11. The molecule has 1 N–H and O–H groups in total. The van der Waals surface area contributed by atoms with Crippen LogP contribution in [0, 0.1) is 30.1 Å². The Kier molecular flexibility index (Phi) is 18.1. The van der Waals surface area contributed by atoms with E-state index in [4.69, 9.17) is 30.1 Å². The summed E-state index contributed by atoms with van der Waals surface area (Å²) in [6, 6.07) is 2.31. The molecular formula is C47H70FN5O10. The predicted molar refractivity (Wildman–Crippen MR) is 234 cm³/mol. The van der Waals surface area contributed by atoms with Crippen LogP contribution in [0.4, 0.5) is 4.39 Å². The molecule has 350 valence electrons. The topological polar surface area (TPSA) is 172 Å². The lowest BCUT2D eigenvalue weighted by molar-refractivity contribution is -0.296. The average Bonchev–Trinajstić information content (AvgIpc) is 3.76. The highest BCUT2D eigenvalue weighted by Gasteiger charge is 2.57. The van der Waals surface area contributed by atoms with Crippen LogP contribution in [0.2, 0.25) is 0 Å². The number of aromatic nitrogens is 3. The number of ketones is 2. The maximum Gasteiger partial charge on any atom is 0.351 e. The van der Waals surface area contributed by atoms with Gasteiger partial charge in [0, 0.05) is 88.2 Å². The van der Waals surface area contributed by atoms with Crippen LogP contribution in [0.25, 0.3) is 11.3 Å². The first kappa shape index (κ1) is 51.5. The second kappa shape index (κ2) is 22.2. The Morgan fingerprint density at radius 2 is 1.81 bits per heavy atom. The van der Waals surface area contributed by atoms with Crippen molar-refractivity contribution in [2.75, 3.05) is 34.4 Å². The molecule has 4 heterocycles. The van der Waals surface area contributed by atoms with Crippen molar-refractivity contribution in [3.63, 3.8) is 0 Å². The summed E-state index contributed by atoms with van der Waals surface area (Å²) in [5.41, 5.74) is -4.58. The first-order valence-electron chi connectivity index (χ1n) is 22.1. The number of cyclic esters (lactones) is 1. The second-order valence-electron chi connectivity index (χ2n) is 18.0. The van der Waals surface area contributed by atoms with Crippen LogP contribution in [0.15, 0.2) is 37.1 Å². The lowest BCUT2D eigenvalue weighted by Crippen LogP contribution is -2.64. The number of terminal acetylenes is 1. The number of hydrogen-bond donors (Lipinski definition) is 1. The molecule has 1 unspecified atom stereocenters. The molecule has 1 amide bonds. The van der Waals surface area contributed by atoms with Crippen LogP contribution >= 0.6 is 0 Å². The molecule has 2 saturated heterocycles. The van der Waals surface area contributed by atoms with E-state index in [1.54, 1.807) is 53.3 Å². The smallest absolute Gasteiger partial charge is 0.351 e. The van der Waals surface area contributed by atoms with Gasteiger partial charge in [-0.2, -0.15) is 0 Å². The lowest BCUT2D eigenvalue weighted by Gasteiger charge is -2.49. The number of imidazole rings is 1. The Bertz CT molecular complexity index is 1880. The fourth-order valence-electron chi connectivity index (χ4n) is 9.61. The number of Topliss-reactive ketones (excluding diaryl/α,β-unsaturated/α-hetero) is 2. The van der Waals surface area contributed by atoms with Gasteiger partial charge in [-0.1, -0.05) is 27.7 Å². The van der Waals surface area contributed by atoms with Gasteiger partial charge in [0.1, 0.15) is 23.6 Å². The van der Waals surface area contributed by atoms with E-state index in [0.29, 0.717) is 45.2 Å². The van der Waals surface area contributed by atoms with Crippen LogP contribution in [0.1, 0.15) is 93.9 Å². The molecule has 0 aliphatic carbocycles. The quantitative estimate of drug-likeness (QED) is 0.0780. The summed E-state index contributed by atoms with van der Waals surface area (Å²) in [5.74, 6) is -3.35. The standard InChI is InChI=1S/C47H70FN5O10/c1-13-15-21-51(10)36-24-31(4)61-43(39(36)56)63-42-33(6)41(57)46(8,48)44(58)62-37(14-2)47(9,60-12)40(32(5)38(55)30(3)25-45(42,7)59-11)53(29-54)23-17-16-22-52-27-35(50-28-52)34-19-18-20-49-26-34/h1,18-20,26-33,36-37,39-40,42-43,56H,14-17,21-25H2,2-12H3/t30-,31-,32+,33+,36+,37-,39-,40?,42-,43+,45-,46+,47-/m1/s1. The number of methoxy groups -OCH3 is 2. The molecule has 2 aromatic heterocycles. The number of carbonyl (C=O) groups excluding carboxylic acids is 4. The van der Waals surface area contributed by atoms with Gasteiger partial charge in [-0.25, -0.2) is 14.2 Å². The van der Waals surface area contributed by atoms with Gasteiger partial charge in [0.25, 0.3) is 5.67 Å². The fraction of sp³-hybridized carbons (Fsp3) is 0.702. The summed E-state index contributed by atoms with van der Waals surface area (Å²) < 4.78 is 49.9. The summed E-state index contributed by atoms with van der Waals surface area (Å²) in [6.07, 6.45) is 9.90. The number of alkyl halides is 1. The van der Waals surface area contributed by atoms with Crippen molar-refractivity contribution in [2.24, 2.45) is 17.8 Å². The van der Waals surface area contributed by atoms with Crippen LogP contribution in [-0.4, -0.2) is 147 Å². The molecule has 2 fully saturated rings. The van der Waals surface area contributed by atoms with E-state index in [-0.39, 0.29) is 25.2 Å². The summed E-state index contributed by atoms with van der Waals surface area (Å²) >= 11 is 0. The Balaban J connectivity index is 1.71. The minimum atomic E-state index is -3.20. The predicted octanol–water partition coefficient (Wildman–Crippen LogP) is 5.07. The number of aryl methyl sites for hydroxylation is 1. The van der Waals surface area contributed by atoms with Gasteiger partial charge < -0.3 is 38.3 Å². The van der Waals surface area contributed by atoms with Crippen LogP contribution in [0.5, 0.6) is 0 Å². The highest BCUT2D eigenvalue weighted by atomic mass is 19.1. The Morgan fingerprint density at radius 3 is 2.41 bits per heavy atom. The number of ether oxygens (including phenoxy) is 5. The van der Waals surface area contributed by atoms with Gasteiger partial charge in [-0.15, -0.1) is 12.3 Å². The number of unbranched alkanes of at least 4 members (excludes halogenated alkanes) is 1. The summed E-state index contributed by atoms with van der Waals surface area (Å²) in [5, 5.41) is 11.7. The van der Waals surface area contributed by atoms with Gasteiger partial charge >= 0.3 is 5.97 Å². The van der Waals surface area contributed by atoms with Crippen molar-refractivity contribution < 1.29 is 52.4 Å². The zero-order valence-electron chi connectivity index (χ0n) is 39.0. The van der Waals surface area contributed by atoms with Crippen LogP contribution in [-0.2, 0) is 49.4 Å². The molecule has 0 radical (unpaired) electrons. The van der Waals surface area contributed by atoms with Crippen molar-refractivity contribution in [3.05, 3.63) is 37.1 Å². The minimum Gasteiger partial charge on any atom is -0.457 e. The minimum absolute atomic E-state index is 0.0348. The molecule has 63 heavy (non-hydrogen) atoms. The molecule has 0 spiro atoms. The molecule has 2 aliphatic heterocycles. The molecule has 2 aromatic rings. The van der Waals surface area contributed by atoms with Crippen molar-refractivity contribution in [3.8, 4) is 23.6 Å². The number of aliphatic hydroxyl groups excluding tert-OH is 1. The van der Waals surface area contributed by atoms with Crippen molar-refractivity contribution >= 4 is 23.9 Å². The lowest BCUT2D eigenvalue weighted by atomic mass is 9.72. The van der Waals surface area contributed by atoms with E-state index in [1.165, 1.54) is 26.0 Å². The van der Waals surface area contributed by atoms with Crippen molar-refractivity contribution in [2.45, 2.75) is 160 Å². The molecule has 0 aromatic carbocycles. The van der Waals surface area contributed by atoms with E-state index in [1.807, 2.05) is 41.8 Å². The molecule has 13 atom stereocenters. The summed E-state index contributed by atoms with van der Waals surface area (Å²) in [6.45, 7) is 13.8. The van der Waals surface area contributed by atoms with E-state index >= 15 is 4.39 Å². The first-order valence-corrected chi connectivity index (χ1v) is 22.1. The molecule has 0 bridgehead atoms. The summed E-state index contributed by atoms with van der Waals surface area (Å²) in [7, 11) is 4.62. The number of hydrogen-bond acceptors (Lipinski definition) is 13. The average molecular weight is 884 g/mol. The summed E-state index contributed by atoms with van der Waals surface area (Å²) in [4.78, 5) is 68.6. The zero-order valence-corrected chi connectivity index (χ0v) is 39.0. The highest BCUT2D eigenvalue weighted by Crippen LogP contribution is 2.41. The number of likely N-dealkylation sites (N-methyl/N-ethyl adjacent to an activating group) is 1. The van der Waals surface area contributed by atoms with Gasteiger partial charge in [-0.3, -0.25) is 24.3 Å². The molecule has 15 nitrogen and oxygen atoms in total. The molecular weight excluding hydrogens is 814 g/mol. The molecule has 0 saturated carbocycles. The number of rotatable bonds is 16. The van der Waals surface area contributed by atoms with Crippen LogP contribution < -0.4 is 0 Å². The largest absolute Gasteiger partial charge is 0.457 e. The van der Waals surface area contributed by atoms with Gasteiger partial charge in [-0.05, 0) is 79.0 Å². The number of esters is 1. The van der Waals surface area contributed by atoms with Gasteiger partial charge in [0.05, 0.1) is 35.9 Å². The number of halogens is 1. The number of nitrogens with zero attached hydrogens (tertiary/aromatic N) is 5. The van der Waals surface area contributed by atoms with Crippen molar-refractivity contribution in [1.82, 2.24) is 24.3 Å². The maximum atomic E-state index is 17.1. The molecule has 2 aliphatic rings. The molecule has 4 rings (SSSR count). The third kappa shape index (κ3) is 11.6. The van der Waals surface area contributed by atoms with E-state index < -0.39 is 89.2 Å². The SMILES string of the molecule is C#CCCN(C)[C@H]1C[C@@H](C)O[C@@H](O[C@@H]2[C@@H](C)C(=O)[C@](C)(F)C(=O)O[C@H](CC)[C@@](C)(OC)C(N(C=O)CCCCn3cnc(-c4cccnc4)c3)[C@@H](C)C(=O)[C@H](C)C[C@@]2(C)OC)[C@@H]1O. The molecule has 16 heteroatoms. The maximum absolute atomic E-state index is 17.1. The highest BCUT2D eigenvalue weighted by molar-refractivity contribution is 6.07. The Labute approximate surface area is 372 Å². The number of carbonyl (C=O) groups is 4. The third-order valence-corrected chi connectivity index (χ3v) is 13.4. The number of pyridine rings is 1.